The minimum absolute atomic E-state index is 0.833. The van der Waals surface area contributed by atoms with E-state index in [0.717, 1.165) is 25.0 Å². The Kier molecular flexibility index (Phi) is 4.05. The quantitative estimate of drug-likeness (QED) is 0.478. The molecule has 1 N–H and O–H groups in total. The first-order valence-corrected chi connectivity index (χ1v) is 6.27. The number of hydrogen-bond donors (Lipinski definition) is 1. The lowest BCUT2D eigenvalue weighted by atomic mass is 10.3. The number of hydrogen-bond acceptors (Lipinski definition) is 2. The fourth-order valence-electron chi connectivity index (χ4n) is 1.93. The highest BCUT2D eigenvalue weighted by Crippen LogP contribution is 2.29. The van der Waals surface area contributed by atoms with Gasteiger partial charge < -0.3 is 5.32 Å². The van der Waals surface area contributed by atoms with Crippen molar-refractivity contribution in [2.24, 2.45) is 5.92 Å². The summed E-state index contributed by atoms with van der Waals surface area (Å²) in [7, 11) is 0. The van der Waals surface area contributed by atoms with Gasteiger partial charge in [-0.3, -0.25) is 4.90 Å². The highest BCUT2D eigenvalue weighted by molar-refractivity contribution is 4.90. The van der Waals surface area contributed by atoms with Gasteiger partial charge >= 0.3 is 0 Å². The lowest BCUT2D eigenvalue weighted by Gasteiger charge is -2.19. The van der Waals surface area contributed by atoms with Crippen LogP contribution in [0.15, 0.2) is 0 Å². The van der Waals surface area contributed by atoms with Crippen LogP contribution < -0.4 is 5.32 Å². The third-order valence-electron chi connectivity index (χ3n) is 3.19. The number of terminal acetylenes is 1. The van der Waals surface area contributed by atoms with Gasteiger partial charge in [0.05, 0.1) is 6.54 Å². The molecular formula is C13H22N2. The van der Waals surface area contributed by atoms with Gasteiger partial charge in [-0.25, -0.2) is 0 Å². The molecule has 0 amide bonds. The van der Waals surface area contributed by atoms with E-state index in [2.05, 4.69) is 16.1 Å². The van der Waals surface area contributed by atoms with Crippen molar-refractivity contribution in [2.45, 2.75) is 38.1 Å². The average Bonchev–Trinajstić information content (AvgIpc) is 3.07. The van der Waals surface area contributed by atoms with Gasteiger partial charge in [0, 0.05) is 19.1 Å². The zero-order valence-corrected chi connectivity index (χ0v) is 9.54. The molecule has 2 fully saturated rings. The third-order valence-corrected chi connectivity index (χ3v) is 3.19. The first-order chi connectivity index (χ1) is 7.38. The van der Waals surface area contributed by atoms with Gasteiger partial charge in [0.2, 0.25) is 0 Å². The molecule has 2 nitrogen and oxygen atoms in total. The van der Waals surface area contributed by atoms with Crippen LogP contribution >= 0.6 is 0 Å². The van der Waals surface area contributed by atoms with Crippen LogP contribution in [0.4, 0.5) is 0 Å². The molecule has 0 aromatic heterocycles. The van der Waals surface area contributed by atoms with Crippen LogP contribution in [0.25, 0.3) is 0 Å². The fourth-order valence-corrected chi connectivity index (χ4v) is 1.93. The molecule has 0 bridgehead atoms. The van der Waals surface area contributed by atoms with Crippen LogP contribution in [-0.4, -0.2) is 37.1 Å². The molecule has 15 heavy (non-hydrogen) atoms. The lowest BCUT2D eigenvalue weighted by molar-refractivity contribution is 0.289. The Morgan fingerprint density at radius 1 is 1.27 bits per heavy atom. The molecule has 2 aliphatic rings. The second-order valence-corrected chi connectivity index (χ2v) is 4.96. The second kappa shape index (κ2) is 5.53. The number of nitrogens with zero attached hydrogens (tertiary/aromatic N) is 1. The summed E-state index contributed by atoms with van der Waals surface area (Å²) >= 11 is 0. The molecule has 2 rings (SSSR count). The van der Waals surface area contributed by atoms with E-state index in [0.29, 0.717) is 0 Å². The van der Waals surface area contributed by atoms with Crippen LogP contribution in [0.2, 0.25) is 0 Å². The number of nitrogens with one attached hydrogen (secondary N) is 1. The van der Waals surface area contributed by atoms with Crippen molar-refractivity contribution in [3.63, 3.8) is 0 Å². The molecule has 0 spiro atoms. The summed E-state index contributed by atoms with van der Waals surface area (Å²) in [5.74, 6) is 3.72. The first kappa shape index (κ1) is 11.0. The summed E-state index contributed by atoms with van der Waals surface area (Å²) in [6, 6.07) is 0.842. The maximum Gasteiger partial charge on any atom is 0.0599 e. The Balaban J connectivity index is 1.53. The van der Waals surface area contributed by atoms with Gasteiger partial charge in [-0.1, -0.05) is 5.92 Å². The molecule has 2 aliphatic carbocycles. The van der Waals surface area contributed by atoms with Crippen molar-refractivity contribution < 1.29 is 0 Å². The summed E-state index contributed by atoms with van der Waals surface area (Å²) < 4.78 is 0. The topological polar surface area (TPSA) is 15.3 Å². The van der Waals surface area contributed by atoms with E-state index in [-0.39, 0.29) is 0 Å². The SMILES string of the molecule is C#CCN(CCCNC1CC1)CC1CC1. The van der Waals surface area contributed by atoms with E-state index in [9.17, 15) is 0 Å². The van der Waals surface area contributed by atoms with Crippen LogP contribution in [-0.2, 0) is 0 Å². The predicted octanol–water partition coefficient (Wildman–Crippen LogP) is 1.47. The van der Waals surface area contributed by atoms with Crippen LogP contribution in [0.1, 0.15) is 32.1 Å². The normalized spacial score (nSPS) is 20.5. The van der Waals surface area contributed by atoms with Crippen molar-refractivity contribution in [1.29, 1.82) is 0 Å². The van der Waals surface area contributed by atoms with Crippen molar-refractivity contribution in [2.75, 3.05) is 26.2 Å². The van der Waals surface area contributed by atoms with Gasteiger partial charge in [0.25, 0.3) is 0 Å². The predicted molar refractivity (Wildman–Crippen MR) is 63.6 cm³/mol. The Bertz CT molecular complexity index is 223. The average molecular weight is 206 g/mol. The summed E-state index contributed by atoms with van der Waals surface area (Å²) in [4.78, 5) is 2.44. The van der Waals surface area contributed by atoms with Crippen molar-refractivity contribution in [3.05, 3.63) is 0 Å². The molecule has 0 radical (unpaired) electrons. The molecule has 0 aromatic carbocycles. The molecule has 0 unspecified atom stereocenters. The Morgan fingerprint density at radius 3 is 2.67 bits per heavy atom. The zero-order chi connectivity index (χ0) is 10.5. The van der Waals surface area contributed by atoms with E-state index in [4.69, 9.17) is 6.42 Å². The van der Waals surface area contributed by atoms with Gasteiger partial charge in [0.1, 0.15) is 0 Å². The highest BCUT2D eigenvalue weighted by Gasteiger charge is 2.24. The first-order valence-electron chi connectivity index (χ1n) is 6.27. The molecule has 0 aromatic rings. The van der Waals surface area contributed by atoms with E-state index in [1.165, 1.54) is 45.2 Å². The molecule has 0 aliphatic heterocycles. The van der Waals surface area contributed by atoms with Gasteiger partial charge in [0.15, 0.2) is 0 Å². The fraction of sp³-hybridized carbons (Fsp3) is 0.846. The maximum atomic E-state index is 5.38. The number of rotatable bonds is 8. The largest absolute Gasteiger partial charge is 0.314 e. The standard InChI is InChI=1S/C13H22N2/c1-2-9-15(11-12-4-5-12)10-3-8-14-13-6-7-13/h1,12-14H,3-11H2. The van der Waals surface area contributed by atoms with Gasteiger partial charge in [-0.05, 0) is 44.6 Å². The minimum Gasteiger partial charge on any atom is -0.314 e. The molecule has 0 atom stereocenters. The monoisotopic (exact) mass is 206 g/mol. The second-order valence-electron chi connectivity index (χ2n) is 4.96. The van der Waals surface area contributed by atoms with Gasteiger partial charge in [-0.2, -0.15) is 0 Å². The summed E-state index contributed by atoms with van der Waals surface area (Å²) in [5.41, 5.74) is 0. The Hall–Kier alpha value is -0.520. The van der Waals surface area contributed by atoms with Crippen molar-refractivity contribution in [1.82, 2.24) is 10.2 Å². The molecular weight excluding hydrogens is 184 g/mol. The Morgan fingerprint density at radius 2 is 2.07 bits per heavy atom. The van der Waals surface area contributed by atoms with E-state index >= 15 is 0 Å². The third kappa shape index (κ3) is 4.68. The van der Waals surface area contributed by atoms with E-state index in [1.807, 2.05) is 0 Å². The van der Waals surface area contributed by atoms with Gasteiger partial charge in [-0.15, -0.1) is 6.42 Å². The minimum atomic E-state index is 0.833. The van der Waals surface area contributed by atoms with Crippen molar-refractivity contribution >= 4 is 0 Å². The summed E-state index contributed by atoms with van der Waals surface area (Å²) in [6.07, 6.45) is 12.2. The van der Waals surface area contributed by atoms with Crippen LogP contribution in [0.5, 0.6) is 0 Å². The van der Waals surface area contributed by atoms with Crippen LogP contribution in [0.3, 0.4) is 0 Å². The highest BCUT2D eigenvalue weighted by atomic mass is 15.1. The molecule has 84 valence electrons. The van der Waals surface area contributed by atoms with Crippen molar-refractivity contribution in [3.8, 4) is 12.3 Å². The maximum absolute atomic E-state index is 5.38. The summed E-state index contributed by atoms with van der Waals surface area (Å²) in [5, 5.41) is 3.54. The molecule has 0 saturated heterocycles. The molecule has 2 heteroatoms. The summed E-state index contributed by atoms with van der Waals surface area (Å²) in [6.45, 7) is 4.39. The Labute approximate surface area is 93.4 Å². The lowest BCUT2D eigenvalue weighted by Crippen LogP contribution is -2.30. The smallest absolute Gasteiger partial charge is 0.0599 e. The van der Waals surface area contributed by atoms with E-state index < -0.39 is 0 Å². The van der Waals surface area contributed by atoms with E-state index in [1.54, 1.807) is 0 Å². The van der Waals surface area contributed by atoms with Crippen LogP contribution in [0, 0.1) is 18.3 Å². The zero-order valence-electron chi connectivity index (χ0n) is 9.54. The molecule has 2 saturated carbocycles. The molecule has 0 heterocycles.